The number of aliphatic hydroxyl groups excluding tert-OH is 1. The van der Waals surface area contributed by atoms with E-state index in [-0.39, 0.29) is 6.23 Å². The second-order valence-corrected chi connectivity index (χ2v) is 3.50. The van der Waals surface area contributed by atoms with Gasteiger partial charge in [-0.2, -0.15) is 0 Å². The molecule has 2 nitrogen and oxygen atoms in total. The van der Waals surface area contributed by atoms with Crippen LogP contribution in [0.15, 0.2) is 0 Å². The molecular weight excluding hydrogens is 189 g/mol. The Morgan fingerprint density at radius 2 is 1.38 bits per heavy atom. The van der Waals surface area contributed by atoms with Crippen LogP contribution < -0.4 is 0 Å². The van der Waals surface area contributed by atoms with Crippen LogP contribution in [0.4, 0.5) is 17.3 Å². The van der Waals surface area contributed by atoms with Gasteiger partial charge in [-0.3, -0.25) is 0 Å². The van der Waals surface area contributed by atoms with Gasteiger partial charge >= 0.3 is 7.25 Å². The summed E-state index contributed by atoms with van der Waals surface area (Å²) in [5.74, 6) is 0. The van der Waals surface area contributed by atoms with E-state index in [2.05, 4.69) is 0 Å². The lowest BCUT2D eigenvalue weighted by Gasteiger charge is -2.28. The van der Waals surface area contributed by atoms with E-state index in [1.165, 1.54) is 0 Å². The van der Waals surface area contributed by atoms with Gasteiger partial charge in [0.2, 0.25) is 0 Å². The van der Waals surface area contributed by atoms with Gasteiger partial charge in [0, 0.05) is 6.42 Å². The number of rotatable bonds is 2. The second-order valence-electron chi connectivity index (χ2n) is 3.50. The maximum Gasteiger partial charge on any atom is 0.673 e. The number of aliphatic hydroxyl groups is 1. The van der Waals surface area contributed by atoms with Crippen molar-refractivity contribution in [2.75, 3.05) is 21.1 Å². The Morgan fingerprint density at radius 1 is 1.15 bits per heavy atom. The number of hydrogen-bond acceptors (Lipinski definition) is 1. The quantitative estimate of drug-likeness (QED) is 0.315. The van der Waals surface area contributed by atoms with E-state index in [0.29, 0.717) is 4.48 Å². The molecule has 0 heterocycles. The van der Waals surface area contributed by atoms with E-state index >= 15 is 0 Å². The van der Waals surface area contributed by atoms with Crippen LogP contribution in [0.2, 0.25) is 0 Å². The van der Waals surface area contributed by atoms with Gasteiger partial charge in [0.1, 0.15) is 0 Å². The molecule has 0 fully saturated rings. The lowest BCUT2D eigenvalue weighted by molar-refractivity contribution is -0.918. The van der Waals surface area contributed by atoms with E-state index < -0.39 is 7.25 Å². The minimum Gasteiger partial charge on any atom is -0.418 e. The fraction of sp³-hybridized carbons (Fsp3) is 1.00. The van der Waals surface area contributed by atoms with Crippen molar-refractivity contribution in [2.24, 2.45) is 0 Å². The van der Waals surface area contributed by atoms with E-state index in [4.69, 9.17) is 5.11 Å². The minimum atomic E-state index is -6.00. The van der Waals surface area contributed by atoms with E-state index in [1.807, 2.05) is 28.1 Å². The highest BCUT2D eigenvalue weighted by atomic mass is 19.5. The van der Waals surface area contributed by atoms with Crippen LogP contribution in [0.1, 0.15) is 13.3 Å². The number of halogens is 4. The summed E-state index contributed by atoms with van der Waals surface area (Å²) in [6, 6.07) is 0. The normalized spacial score (nSPS) is 14.5. The van der Waals surface area contributed by atoms with Crippen LogP contribution in [0.3, 0.4) is 0 Å². The molecule has 1 atom stereocenters. The number of hydrogen-bond donors (Lipinski definition) is 1. The minimum absolute atomic E-state index is 0.213. The lowest BCUT2D eigenvalue weighted by atomic mass is 10.3. The Morgan fingerprint density at radius 3 is 1.38 bits per heavy atom. The van der Waals surface area contributed by atoms with Crippen LogP contribution in [0, 0.1) is 0 Å². The zero-order valence-corrected chi connectivity index (χ0v) is 8.27. The van der Waals surface area contributed by atoms with Crippen LogP contribution in [0.25, 0.3) is 0 Å². The third-order valence-corrected chi connectivity index (χ3v) is 1.26. The van der Waals surface area contributed by atoms with Crippen molar-refractivity contribution in [1.29, 1.82) is 0 Å². The van der Waals surface area contributed by atoms with E-state index in [1.54, 1.807) is 0 Å². The van der Waals surface area contributed by atoms with Crippen LogP contribution in [0.5, 0.6) is 0 Å². The molecule has 0 radical (unpaired) electrons. The number of quaternary nitrogens is 1. The summed E-state index contributed by atoms with van der Waals surface area (Å²) >= 11 is 0. The molecular formula is C6H16BF4NO. The molecule has 0 aromatic rings. The first-order valence-corrected chi connectivity index (χ1v) is 3.85. The molecule has 0 saturated carbocycles. The Hall–Kier alpha value is -0.295. The Labute approximate surface area is 75.9 Å². The maximum absolute atomic E-state index is 9.75. The fourth-order valence-corrected chi connectivity index (χ4v) is 0.548. The monoisotopic (exact) mass is 205 g/mol. The van der Waals surface area contributed by atoms with Gasteiger partial charge in [0.05, 0.1) is 21.1 Å². The first kappa shape index (κ1) is 15.2. The molecule has 0 aliphatic rings. The molecule has 0 saturated heterocycles. The molecule has 0 rings (SSSR count). The summed E-state index contributed by atoms with van der Waals surface area (Å²) in [7, 11) is -0.0590. The molecule has 0 aliphatic carbocycles. The predicted molar refractivity (Wildman–Crippen MR) is 44.5 cm³/mol. The van der Waals surface area contributed by atoms with Gasteiger partial charge in [-0.25, -0.2) is 0 Å². The molecule has 0 bridgehead atoms. The molecule has 13 heavy (non-hydrogen) atoms. The number of nitrogens with zero attached hydrogens (tertiary/aromatic N) is 1. The van der Waals surface area contributed by atoms with Crippen LogP contribution in [-0.2, 0) is 0 Å². The van der Waals surface area contributed by atoms with E-state index in [0.717, 1.165) is 6.42 Å². The fourth-order valence-electron chi connectivity index (χ4n) is 0.548. The van der Waals surface area contributed by atoms with Gasteiger partial charge in [0.15, 0.2) is 6.23 Å². The van der Waals surface area contributed by atoms with Crippen molar-refractivity contribution < 1.29 is 26.9 Å². The highest BCUT2D eigenvalue weighted by molar-refractivity contribution is 6.50. The molecule has 1 N–H and O–H groups in total. The maximum atomic E-state index is 9.75. The Kier molecular flexibility index (Phi) is 6.35. The summed E-state index contributed by atoms with van der Waals surface area (Å²) in [6.07, 6.45) is 0.610. The van der Waals surface area contributed by atoms with Gasteiger partial charge in [-0.15, -0.1) is 0 Å². The van der Waals surface area contributed by atoms with Crippen molar-refractivity contribution in [2.45, 2.75) is 19.6 Å². The zero-order valence-electron chi connectivity index (χ0n) is 8.27. The van der Waals surface area contributed by atoms with Crippen LogP contribution >= 0.6 is 0 Å². The highest BCUT2D eigenvalue weighted by Crippen LogP contribution is 2.06. The molecule has 0 spiro atoms. The Bertz CT molecular complexity index is 128. The van der Waals surface area contributed by atoms with Crippen molar-refractivity contribution in [3.8, 4) is 0 Å². The van der Waals surface area contributed by atoms with Crippen molar-refractivity contribution in [3.63, 3.8) is 0 Å². The van der Waals surface area contributed by atoms with Crippen molar-refractivity contribution in [3.05, 3.63) is 0 Å². The first-order chi connectivity index (χ1) is 5.48. The standard InChI is InChI=1S/C6H16NO.BF4/c1-5-6(8)7(2,3)4;2-1(3,4)5/h6,8H,5H2,1-4H3;/q+1;-1. The SMILES string of the molecule is CCC(O)[N+](C)(C)C.F[B-](F)(F)F. The topological polar surface area (TPSA) is 20.2 Å². The summed E-state index contributed by atoms with van der Waals surface area (Å²) in [6.45, 7) is 1.98. The second kappa shape index (κ2) is 5.44. The summed E-state index contributed by atoms with van der Waals surface area (Å²) in [5, 5.41) is 9.17. The summed E-state index contributed by atoms with van der Waals surface area (Å²) in [4.78, 5) is 0. The molecule has 7 heteroatoms. The average molecular weight is 205 g/mol. The van der Waals surface area contributed by atoms with Crippen molar-refractivity contribution >= 4 is 7.25 Å². The molecule has 0 amide bonds. The largest absolute Gasteiger partial charge is 0.673 e. The lowest BCUT2D eigenvalue weighted by Crippen LogP contribution is -2.44. The third-order valence-electron chi connectivity index (χ3n) is 1.26. The van der Waals surface area contributed by atoms with Gasteiger partial charge in [-0.05, 0) is 0 Å². The molecule has 1 unspecified atom stereocenters. The molecule has 82 valence electrons. The molecule has 0 aromatic carbocycles. The summed E-state index contributed by atoms with van der Waals surface area (Å²) < 4.78 is 39.6. The zero-order chi connectivity index (χ0) is 11.3. The average Bonchev–Trinajstić information content (AvgIpc) is 1.80. The van der Waals surface area contributed by atoms with Gasteiger partial charge < -0.3 is 26.9 Å². The van der Waals surface area contributed by atoms with E-state index in [9.17, 15) is 17.3 Å². The smallest absolute Gasteiger partial charge is 0.418 e. The van der Waals surface area contributed by atoms with Crippen molar-refractivity contribution in [1.82, 2.24) is 0 Å². The third kappa shape index (κ3) is 18.6. The molecule has 0 aliphatic heterocycles. The highest BCUT2D eigenvalue weighted by Gasteiger charge is 2.20. The molecule has 0 aromatic heterocycles. The van der Waals surface area contributed by atoms with Gasteiger partial charge in [0.25, 0.3) is 0 Å². The van der Waals surface area contributed by atoms with Crippen LogP contribution in [-0.4, -0.2) is 44.2 Å². The first-order valence-electron chi connectivity index (χ1n) is 3.85. The summed E-state index contributed by atoms with van der Waals surface area (Å²) in [5.41, 5.74) is 0. The Balaban J connectivity index is 0. The van der Waals surface area contributed by atoms with Gasteiger partial charge in [-0.1, -0.05) is 6.92 Å². The predicted octanol–water partition coefficient (Wildman–Crippen LogP) is 1.72.